The number of amides is 1. The molecule has 3 N–H and O–H groups in total. The number of hydrogen-bond donors (Lipinski definition) is 2. The van der Waals surface area contributed by atoms with Crippen molar-refractivity contribution in [1.82, 2.24) is 10.2 Å². The molecule has 1 amide bonds. The fourth-order valence-electron chi connectivity index (χ4n) is 2.59. The minimum Gasteiger partial charge on any atom is -0.383 e. The molecule has 0 aromatic rings. The summed E-state index contributed by atoms with van der Waals surface area (Å²) in [5, 5.41) is 3.38. The lowest BCUT2D eigenvalue weighted by Gasteiger charge is -2.31. The van der Waals surface area contributed by atoms with Gasteiger partial charge in [-0.3, -0.25) is 4.79 Å². The van der Waals surface area contributed by atoms with Crippen molar-refractivity contribution in [2.75, 3.05) is 33.4 Å². The van der Waals surface area contributed by atoms with Gasteiger partial charge in [0.25, 0.3) is 0 Å². The molecule has 1 fully saturated rings. The lowest BCUT2D eigenvalue weighted by atomic mass is 10.1. The summed E-state index contributed by atoms with van der Waals surface area (Å²) in [5.41, 5.74) is 5.54. The van der Waals surface area contributed by atoms with Crippen molar-refractivity contribution in [3.63, 3.8) is 0 Å². The Bertz CT molecular complexity index is 255. The Kier molecular flexibility index (Phi) is 8.02. The van der Waals surface area contributed by atoms with E-state index >= 15 is 0 Å². The molecule has 0 bridgehead atoms. The van der Waals surface area contributed by atoms with Crippen LogP contribution in [0.15, 0.2) is 0 Å². The number of nitrogens with one attached hydrogen (secondary N) is 1. The van der Waals surface area contributed by atoms with Crippen LogP contribution in [0.4, 0.5) is 0 Å². The maximum absolute atomic E-state index is 12.3. The van der Waals surface area contributed by atoms with E-state index in [4.69, 9.17) is 10.5 Å². The Morgan fingerprint density at radius 2 is 2.05 bits per heavy atom. The summed E-state index contributed by atoms with van der Waals surface area (Å²) in [6, 6.07) is 0.0633. The number of nitrogens with two attached hydrogens (primary N) is 1. The van der Waals surface area contributed by atoms with Crippen LogP contribution in [-0.2, 0) is 9.53 Å². The van der Waals surface area contributed by atoms with Gasteiger partial charge in [-0.2, -0.15) is 0 Å². The first-order valence-corrected chi connectivity index (χ1v) is 7.43. The average molecular weight is 271 g/mol. The Morgan fingerprint density at radius 1 is 1.37 bits per heavy atom. The number of ether oxygens (including phenoxy) is 1. The molecule has 2 unspecified atom stereocenters. The van der Waals surface area contributed by atoms with Gasteiger partial charge in [0.1, 0.15) is 0 Å². The summed E-state index contributed by atoms with van der Waals surface area (Å²) in [4.78, 5) is 14.3. The Hall–Kier alpha value is -0.650. The highest BCUT2D eigenvalue weighted by molar-refractivity contribution is 5.81. The topological polar surface area (TPSA) is 67.6 Å². The van der Waals surface area contributed by atoms with Gasteiger partial charge in [-0.1, -0.05) is 0 Å². The van der Waals surface area contributed by atoms with Gasteiger partial charge in [-0.25, -0.2) is 0 Å². The van der Waals surface area contributed by atoms with Crippen LogP contribution in [0, 0.1) is 0 Å². The standard InChI is InChI=1S/C14H29N3O2/c1-12(14(18)17-9-4-3-5-10-17)16-13(11-19-2)7-6-8-15/h12-13,16H,3-11,15H2,1-2H3. The molecule has 0 radical (unpaired) electrons. The minimum atomic E-state index is -0.143. The SMILES string of the molecule is COCC(CCCN)NC(C)C(=O)N1CCCCC1. The molecule has 0 aromatic carbocycles. The maximum Gasteiger partial charge on any atom is 0.239 e. The monoisotopic (exact) mass is 271 g/mol. The quantitative estimate of drug-likeness (QED) is 0.683. The summed E-state index contributed by atoms with van der Waals surface area (Å²) < 4.78 is 5.20. The van der Waals surface area contributed by atoms with E-state index in [9.17, 15) is 4.79 Å². The highest BCUT2D eigenvalue weighted by Crippen LogP contribution is 2.10. The predicted octanol–water partition coefficient (Wildman–Crippen LogP) is 0.731. The Morgan fingerprint density at radius 3 is 2.63 bits per heavy atom. The predicted molar refractivity (Wildman–Crippen MR) is 77.0 cm³/mol. The number of rotatable bonds is 8. The number of piperidine rings is 1. The zero-order valence-electron chi connectivity index (χ0n) is 12.4. The zero-order chi connectivity index (χ0) is 14.1. The number of likely N-dealkylation sites (tertiary alicyclic amines) is 1. The van der Waals surface area contributed by atoms with Crippen LogP contribution in [0.1, 0.15) is 39.0 Å². The number of nitrogens with zero attached hydrogens (tertiary/aromatic N) is 1. The van der Waals surface area contributed by atoms with Crippen molar-refractivity contribution in [2.45, 2.75) is 51.1 Å². The van der Waals surface area contributed by atoms with E-state index in [1.807, 2.05) is 11.8 Å². The molecule has 0 aromatic heterocycles. The van der Waals surface area contributed by atoms with Gasteiger partial charge in [0.05, 0.1) is 12.6 Å². The number of hydrogen-bond acceptors (Lipinski definition) is 4. The van der Waals surface area contributed by atoms with Crippen LogP contribution in [-0.4, -0.2) is 56.2 Å². The lowest BCUT2D eigenvalue weighted by Crippen LogP contribution is -2.50. The van der Waals surface area contributed by atoms with E-state index in [1.165, 1.54) is 6.42 Å². The van der Waals surface area contributed by atoms with E-state index in [0.29, 0.717) is 13.2 Å². The largest absolute Gasteiger partial charge is 0.383 e. The van der Waals surface area contributed by atoms with E-state index in [1.54, 1.807) is 7.11 Å². The Labute approximate surface area is 116 Å². The number of methoxy groups -OCH3 is 1. The third kappa shape index (κ3) is 5.89. The highest BCUT2D eigenvalue weighted by Gasteiger charge is 2.23. The summed E-state index contributed by atoms with van der Waals surface area (Å²) >= 11 is 0. The second kappa shape index (κ2) is 9.28. The molecule has 0 saturated carbocycles. The van der Waals surface area contributed by atoms with Crippen LogP contribution < -0.4 is 11.1 Å². The van der Waals surface area contributed by atoms with Gasteiger partial charge < -0.3 is 20.7 Å². The fraction of sp³-hybridized carbons (Fsp3) is 0.929. The van der Waals surface area contributed by atoms with Crippen LogP contribution >= 0.6 is 0 Å². The van der Waals surface area contributed by atoms with Crippen LogP contribution in [0.3, 0.4) is 0 Å². The van der Waals surface area contributed by atoms with Crippen molar-refractivity contribution in [1.29, 1.82) is 0 Å². The molecule has 5 nitrogen and oxygen atoms in total. The first-order chi connectivity index (χ1) is 9.19. The minimum absolute atomic E-state index is 0.143. The first-order valence-electron chi connectivity index (χ1n) is 7.43. The lowest BCUT2D eigenvalue weighted by molar-refractivity contribution is -0.134. The maximum atomic E-state index is 12.3. The summed E-state index contributed by atoms with van der Waals surface area (Å²) in [5.74, 6) is 0.216. The second-order valence-electron chi connectivity index (χ2n) is 5.36. The number of carbonyl (C=O) groups excluding carboxylic acids is 1. The van der Waals surface area contributed by atoms with Gasteiger partial charge in [0.2, 0.25) is 5.91 Å². The molecule has 5 heteroatoms. The van der Waals surface area contributed by atoms with E-state index in [-0.39, 0.29) is 18.0 Å². The molecule has 19 heavy (non-hydrogen) atoms. The molecule has 1 heterocycles. The second-order valence-corrected chi connectivity index (χ2v) is 5.36. The van der Waals surface area contributed by atoms with Gasteiger partial charge in [-0.15, -0.1) is 0 Å². The summed E-state index contributed by atoms with van der Waals surface area (Å²) in [7, 11) is 1.69. The summed E-state index contributed by atoms with van der Waals surface area (Å²) in [6.07, 6.45) is 5.41. The molecule has 1 aliphatic heterocycles. The van der Waals surface area contributed by atoms with E-state index in [2.05, 4.69) is 5.32 Å². The van der Waals surface area contributed by atoms with Crippen molar-refractivity contribution in [2.24, 2.45) is 5.73 Å². The summed E-state index contributed by atoms with van der Waals surface area (Å²) in [6.45, 7) is 5.06. The molecule has 112 valence electrons. The van der Waals surface area contributed by atoms with Gasteiger partial charge in [0.15, 0.2) is 0 Å². The number of carbonyl (C=O) groups is 1. The van der Waals surface area contributed by atoms with Crippen molar-refractivity contribution >= 4 is 5.91 Å². The Balaban J connectivity index is 2.40. The van der Waals surface area contributed by atoms with Crippen molar-refractivity contribution < 1.29 is 9.53 Å². The normalized spacial score (nSPS) is 19.2. The molecule has 0 spiro atoms. The molecule has 1 rings (SSSR count). The smallest absolute Gasteiger partial charge is 0.239 e. The highest BCUT2D eigenvalue weighted by atomic mass is 16.5. The fourth-order valence-corrected chi connectivity index (χ4v) is 2.59. The van der Waals surface area contributed by atoms with E-state index in [0.717, 1.165) is 38.8 Å². The van der Waals surface area contributed by atoms with Gasteiger partial charge >= 0.3 is 0 Å². The average Bonchev–Trinajstić information content (AvgIpc) is 2.45. The molecule has 1 aliphatic rings. The molecule has 0 aliphatic carbocycles. The third-order valence-electron chi connectivity index (χ3n) is 3.65. The van der Waals surface area contributed by atoms with Crippen molar-refractivity contribution in [3.05, 3.63) is 0 Å². The van der Waals surface area contributed by atoms with Crippen molar-refractivity contribution in [3.8, 4) is 0 Å². The zero-order valence-corrected chi connectivity index (χ0v) is 12.4. The van der Waals surface area contributed by atoms with Crippen LogP contribution in [0.25, 0.3) is 0 Å². The molecule has 1 saturated heterocycles. The van der Waals surface area contributed by atoms with Gasteiger partial charge in [-0.05, 0) is 45.6 Å². The third-order valence-corrected chi connectivity index (χ3v) is 3.65. The molecular formula is C14H29N3O2. The van der Waals surface area contributed by atoms with Crippen LogP contribution in [0.2, 0.25) is 0 Å². The van der Waals surface area contributed by atoms with E-state index < -0.39 is 0 Å². The van der Waals surface area contributed by atoms with Crippen LogP contribution in [0.5, 0.6) is 0 Å². The molecule has 2 atom stereocenters. The van der Waals surface area contributed by atoms with Gasteiger partial charge in [0, 0.05) is 26.2 Å². The first kappa shape index (κ1) is 16.4. The molecular weight excluding hydrogens is 242 g/mol.